The molecule has 0 unspecified atom stereocenters. The van der Waals surface area contributed by atoms with Gasteiger partial charge < -0.3 is 19.1 Å². The predicted octanol–water partition coefficient (Wildman–Crippen LogP) is 4.20. The molecule has 1 aromatic rings. The van der Waals surface area contributed by atoms with Gasteiger partial charge in [-0.1, -0.05) is 19.1 Å². The van der Waals surface area contributed by atoms with Gasteiger partial charge in [0.15, 0.2) is 0 Å². The van der Waals surface area contributed by atoms with E-state index in [1.165, 1.54) is 0 Å². The van der Waals surface area contributed by atoms with Crippen LogP contribution in [0.1, 0.15) is 46.6 Å². The van der Waals surface area contributed by atoms with Gasteiger partial charge in [-0.2, -0.15) is 0 Å². The minimum atomic E-state index is -0.700. The molecule has 25 heavy (non-hydrogen) atoms. The standard InChI is InChI=1S/C20H31NO4/c1-14(2)23-18-9-7-8-17(12-18)20(25-19(22)24-15(3)4)10-11-21(6)13-16(20)5/h7-9,12,14-16H,10-11,13H2,1-6H3/t16-,20+/m0/s1. The molecule has 5 nitrogen and oxygen atoms in total. The highest BCUT2D eigenvalue weighted by Gasteiger charge is 2.45. The van der Waals surface area contributed by atoms with Crippen molar-refractivity contribution in [3.8, 4) is 5.75 Å². The maximum absolute atomic E-state index is 12.3. The van der Waals surface area contributed by atoms with E-state index in [1.807, 2.05) is 52.0 Å². The molecule has 1 aliphatic rings. The fraction of sp³-hybridized carbons (Fsp3) is 0.650. The summed E-state index contributed by atoms with van der Waals surface area (Å²) in [6.45, 7) is 11.5. The molecule has 1 saturated heterocycles. The van der Waals surface area contributed by atoms with E-state index >= 15 is 0 Å². The van der Waals surface area contributed by atoms with Crippen molar-refractivity contribution in [2.24, 2.45) is 5.92 Å². The molecule has 2 atom stereocenters. The number of carbonyl (C=O) groups excluding carboxylic acids is 1. The van der Waals surface area contributed by atoms with Gasteiger partial charge in [-0.3, -0.25) is 0 Å². The summed E-state index contributed by atoms with van der Waals surface area (Å²) in [7, 11) is 2.09. The number of rotatable bonds is 5. The van der Waals surface area contributed by atoms with Gasteiger partial charge in [0.1, 0.15) is 11.4 Å². The number of piperidine rings is 1. The molecule has 1 aliphatic heterocycles. The molecule has 0 radical (unpaired) electrons. The molecule has 0 aromatic heterocycles. The van der Waals surface area contributed by atoms with E-state index in [2.05, 4.69) is 18.9 Å². The van der Waals surface area contributed by atoms with Crippen LogP contribution in [0.5, 0.6) is 5.75 Å². The monoisotopic (exact) mass is 349 g/mol. The van der Waals surface area contributed by atoms with Crippen LogP contribution < -0.4 is 4.74 Å². The van der Waals surface area contributed by atoms with Gasteiger partial charge in [-0.15, -0.1) is 0 Å². The van der Waals surface area contributed by atoms with E-state index in [0.29, 0.717) is 0 Å². The Kier molecular flexibility index (Phi) is 6.33. The summed E-state index contributed by atoms with van der Waals surface area (Å²) < 4.78 is 17.1. The Labute approximate surface area is 151 Å². The number of ether oxygens (including phenoxy) is 3. The summed E-state index contributed by atoms with van der Waals surface area (Å²) in [5, 5.41) is 0. The number of benzene rings is 1. The molecule has 0 saturated carbocycles. The fourth-order valence-electron chi connectivity index (χ4n) is 3.42. The molecule has 1 heterocycles. The number of nitrogens with zero attached hydrogens (tertiary/aromatic N) is 1. The first kappa shape index (κ1) is 19.6. The number of likely N-dealkylation sites (tertiary alicyclic amines) is 1. The molecule has 140 valence electrons. The number of hydrogen-bond donors (Lipinski definition) is 0. The molecule has 0 bridgehead atoms. The second kappa shape index (κ2) is 8.09. The van der Waals surface area contributed by atoms with Crippen molar-refractivity contribution in [2.75, 3.05) is 20.1 Å². The highest BCUT2D eigenvalue weighted by atomic mass is 16.7. The zero-order valence-electron chi connectivity index (χ0n) is 16.2. The van der Waals surface area contributed by atoms with Gasteiger partial charge in [-0.05, 0) is 52.4 Å². The summed E-state index contributed by atoms with van der Waals surface area (Å²) in [5.74, 6) is 0.930. The maximum Gasteiger partial charge on any atom is 0.509 e. The Morgan fingerprint density at radius 2 is 1.96 bits per heavy atom. The van der Waals surface area contributed by atoms with Gasteiger partial charge in [0.2, 0.25) is 0 Å². The number of hydrogen-bond acceptors (Lipinski definition) is 5. The third kappa shape index (κ3) is 4.88. The summed E-state index contributed by atoms with van der Waals surface area (Å²) in [6, 6.07) is 7.89. The SMILES string of the molecule is CC(C)OC(=O)O[C@]1(c2cccc(OC(C)C)c2)CCN(C)C[C@@H]1C. The topological polar surface area (TPSA) is 48.0 Å². The minimum Gasteiger partial charge on any atom is -0.491 e. The Morgan fingerprint density at radius 3 is 2.56 bits per heavy atom. The molecule has 0 aliphatic carbocycles. The van der Waals surface area contributed by atoms with E-state index < -0.39 is 11.8 Å². The van der Waals surface area contributed by atoms with Crippen LogP contribution >= 0.6 is 0 Å². The van der Waals surface area contributed by atoms with Crippen LogP contribution in [0, 0.1) is 5.92 Å². The maximum atomic E-state index is 12.3. The molecule has 0 amide bonds. The summed E-state index contributed by atoms with van der Waals surface area (Å²) in [4.78, 5) is 14.6. The van der Waals surface area contributed by atoms with E-state index in [0.717, 1.165) is 30.8 Å². The molecule has 2 rings (SSSR count). The third-order valence-corrected chi connectivity index (χ3v) is 4.54. The van der Waals surface area contributed by atoms with E-state index in [1.54, 1.807) is 0 Å². The first-order valence-electron chi connectivity index (χ1n) is 9.08. The lowest BCUT2D eigenvalue weighted by atomic mass is 9.76. The first-order chi connectivity index (χ1) is 11.7. The molecule has 0 N–H and O–H groups in total. The van der Waals surface area contributed by atoms with Crippen LogP contribution in [-0.4, -0.2) is 43.4 Å². The summed E-state index contributed by atoms with van der Waals surface area (Å²) >= 11 is 0. The van der Waals surface area contributed by atoms with Crippen LogP contribution in [0.2, 0.25) is 0 Å². The second-order valence-electron chi connectivity index (χ2n) is 7.52. The molecule has 0 spiro atoms. The van der Waals surface area contributed by atoms with Gasteiger partial charge in [-0.25, -0.2) is 4.79 Å². The van der Waals surface area contributed by atoms with Crippen LogP contribution in [0.25, 0.3) is 0 Å². The molecule has 5 heteroatoms. The normalized spacial score (nSPS) is 24.4. The molecular formula is C20H31NO4. The van der Waals surface area contributed by atoms with E-state index in [-0.39, 0.29) is 18.1 Å². The second-order valence-corrected chi connectivity index (χ2v) is 7.52. The zero-order chi connectivity index (χ0) is 18.6. The average molecular weight is 349 g/mol. The predicted molar refractivity (Wildman–Crippen MR) is 97.9 cm³/mol. The molecular weight excluding hydrogens is 318 g/mol. The summed E-state index contributed by atoms with van der Waals surface area (Å²) in [5.41, 5.74) is 0.265. The van der Waals surface area contributed by atoms with Crippen molar-refractivity contribution in [3.63, 3.8) is 0 Å². The van der Waals surface area contributed by atoms with E-state index in [9.17, 15) is 4.79 Å². The highest BCUT2D eigenvalue weighted by Crippen LogP contribution is 2.42. The van der Waals surface area contributed by atoms with Crippen LogP contribution in [0.3, 0.4) is 0 Å². The van der Waals surface area contributed by atoms with Crippen LogP contribution in [0.15, 0.2) is 24.3 Å². The van der Waals surface area contributed by atoms with Crippen LogP contribution in [0.4, 0.5) is 4.79 Å². The lowest BCUT2D eigenvalue weighted by molar-refractivity contribution is -0.105. The lowest BCUT2D eigenvalue weighted by Crippen LogP contribution is -2.50. The third-order valence-electron chi connectivity index (χ3n) is 4.54. The van der Waals surface area contributed by atoms with Gasteiger partial charge in [0, 0.05) is 25.4 Å². The van der Waals surface area contributed by atoms with Crippen molar-refractivity contribution in [1.29, 1.82) is 0 Å². The van der Waals surface area contributed by atoms with Crippen LogP contribution in [-0.2, 0) is 15.1 Å². The fourth-order valence-corrected chi connectivity index (χ4v) is 3.42. The highest BCUT2D eigenvalue weighted by molar-refractivity contribution is 5.61. The largest absolute Gasteiger partial charge is 0.509 e. The minimum absolute atomic E-state index is 0.0907. The lowest BCUT2D eigenvalue weighted by Gasteiger charge is -2.45. The Bertz CT molecular complexity index is 587. The first-order valence-corrected chi connectivity index (χ1v) is 9.08. The van der Waals surface area contributed by atoms with Gasteiger partial charge in [0.25, 0.3) is 0 Å². The van der Waals surface area contributed by atoms with Crippen molar-refractivity contribution < 1.29 is 19.0 Å². The van der Waals surface area contributed by atoms with Gasteiger partial charge in [0.05, 0.1) is 12.2 Å². The van der Waals surface area contributed by atoms with Crippen molar-refractivity contribution in [2.45, 2.75) is 58.8 Å². The smallest absolute Gasteiger partial charge is 0.491 e. The molecule has 1 aromatic carbocycles. The molecule has 1 fully saturated rings. The Balaban J connectivity index is 2.36. The van der Waals surface area contributed by atoms with Crippen molar-refractivity contribution >= 4 is 6.16 Å². The van der Waals surface area contributed by atoms with Gasteiger partial charge >= 0.3 is 6.16 Å². The average Bonchev–Trinajstić information content (AvgIpc) is 2.49. The Hall–Kier alpha value is -1.75. The van der Waals surface area contributed by atoms with E-state index in [4.69, 9.17) is 14.2 Å². The quantitative estimate of drug-likeness (QED) is 0.746. The number of carbonyl (C=O) groups is 1. The zero-order valence-corrected chi connectivity index (χ0v) is 16.2. The van der Waals surface area contributed by atoms with Crippen molar-refractivity contribution in [3.05, 3.63) is 29.8 Å². The Morgan fingerprint density at radius 1 is 1.24 bits per heavy atom. The summed E-state index contributed by atoms with van der Waals surface area (Å²) in [6.07, 6.45) is -0.000502. The van der Waals surface area contributed by atoms with Crippen molar-refractivity contribution in [1.82, 2.24) is 4.90 Å².